The summed E-state index contributed by atoms with van der Waals surface area (Å²) in [4.78, 5) is 16.0. The van der Waals surface area contributed by atoms with Crippen LogP contribution in [0.3, 0.4) is 0 Å². The third-order valence-electron chi connectivity index (χ3n) is 3.40. The van der Waals surface area contributed by atoms with Crippen molar-refractivity contribution in [2.75, 3.05) is 40.9 Å². The zero-order valence-electron chi connectivity index (χ0n) is 13.3. The van der Waals surface area contributed by atoms with E-state index in [0.29, 0.717) is 12.1 Å². The maximum atomic E-state index is 12.4. The van der Waals surface area contributed by atoms with Gasteiger partial charge in [-0.2, -0.15) is 0 Å². The zero-order chi connectivity index (χ0) is 16.0. The molecule has 0 saturated carbocycles. The average molecular weight is 294 g/mol. The Labute approximate surface area is 126 Å². The fraction of sp³-hybridized carbons (Fsp3) is 0.562. The van der Waals surface area contributed by atoms with Crippen LogP contribution in [-0.2, 0) is 6.54 Å². The van der Waals surface area contributed by atoms with E-state index in [0.717, 1.165) is 12.1 Å². The van der Waals surface area contributed by atoms with Crippen LogP contribution in [0, 0.1) is 5.41 Å². The van der Waals surface area contributed by atoms with Crippen LogP contribution >= 0.6 is 0 Å². The Bertz CT molecular complexity index is 470. The minimum atomic E-state index is -0.689. The SMILES string of the molecule is CN(C)Cc1cccc(C(=O)N(C)CC(C)(CO)CO)c1. The third kappa shape index (κ3) is 5.12. The molecule has 0 saturated heterocycles. The van der Waals surface area contributed by atoms with Crippen molar-refractivity contribution in [1.29, 1.82) is 0 Å². The smallest absolute Gasteiger partial charge is 0.253 e. The summed E-state index contributed by atoms with van der Waals surface area (Å²) < 4.78 is 0. The van der Waals surface area contributed by atoms with E-state index in [9.17, 15) is 15.0 Å². The molecule has 1 aromatic carbocycles. The molecule has 0 unspecified atom stereocenters. The second-order valence-electron chi connectivity index (χ2n) is 6.23. The lowest BCUT2D eigenvalue weighted by Crippen LogP contribution is -2.41. The number of carbonyl (C=O) groups is 1. The lowest BCUT2D eigenvalue weighted by atomic mass is 9.92. The second-order valence-corrected chi connectivity index (χ2v) is 6.23. The van der Waals surface area contributed by atoms with E-state index >= 15 is 0 Å². The molecule has 0 heterocycles. The largest absolute Gasteiger partial charge is 0.396 e. The van der Waals surface area contributed by atoms with Crippen LogP contribution in [0.5, 0.6) is 0 Å². The molecule has 0 bridgehead atoms. The highest BCUT2D eigenvalue weighted by Gasteiger charge is 2.26. The molecule has 118 valence electrons. The fourth-order valence-electron chi connectivity index (χ4n) is 2.18. The Balaban J connectivity index is 2.83. The van der Waals surface area contributed by atoms with Gasteiger partial charge in [-0.3, -0.25) is 4.79 Å². The van der Waals surface area contributed by atoms with Gasteiger partial charge in [-0.05, 0) is 31.8 Å². The fourth-order valence-corrected chi connectivity index (χ4v) is 2.18. The summed E-state index contributed by atoms with van der Waals surface area (Å²) in [6.07, 6.45) is 0. The van der Waals surface area contributed by atoms with E-state index in [4.69, 9.17) is 0 Å². The lowest BCUT2D eigenvalue weighted by molar-refractivity contribution is 0.0366. The highest BCUT2D eigenvalue weighted by atomic mass is 16.3. The van der Waals surface area contributed by atoms with Crippen molar-refractivity contribution in [3.8, 4) is 0 Å². The zero-order valence-corrected chi connectivity index (χ0v) is 13.3. The summed E-state index contributed by atoms with van der Waals surface area (Å²) >= 11 is 0. The van der Waals surface area contributed by atoms with Crippen molar-refractivity contribution >= 4 is 5.91 Å². The van der Waals surface area contributed by atoms with E-state index in [1.54, 1.807) is 24.9 Å². The van der Waals surface area contributed by atoms with E-state index in [-0.39, 0.29) is 19.1 Å². The quantitative estimate of drug-likeness (QED) is 0.781. The minimum Gasteiger partial charge on any atom is -0.396 e. The standard InChI is InChI=1S/C16H26N2O3/c1-16(11-19,12-20)10-18(4)15(21)14-7-5-6-13(8-14)9-17(2)3/h5-8,19-20H,9-12H2,1-4H3. The third-order valence-corrected chi connectivity index (χ3v) is 3.40. The number of amides is 1. The van der Waals surface area contributed by atoms with Crippen molar-refractivity contribution in [2.45, 2.75) is 13.5 Å². The van der Waals surface area contributed by atoms with Crippen molar-refractivity contribution in [2.24, 2.45) is 5.41 Å². The molecular weight excluding hydrogens is 268 g/mol. The highest BCUT2D eigenvalue weighted by Crippen LogP contribution is 2.17. The summed E-state index contributed by atoms with van der Waals surface area (Å²) in [5, 5.41) is 18.7. The van der Waals surface area contributed by atoms with Gasteiger partial charge < -0.3 is 20.0 Å². The van der Waals surface area contributed by atoms with Gasteiger partial charge in [0.15, 0.2) is 0 Å². The Morgan fingerprint density at radius 1 is 1.19 bits per heavy atom. The summed E-state index contributed by atoms with van der Waals surface area (Å²) in [5.74, 6) is -0.108. The van der Waals surface area contributed by atoms with Crippen LogP contribution in [0.25, 0.3) is 0 Å². The summed E-state index contributed by atoms with van der Waals surface area (Å²) in [5.41, 5.74) is 1.01. The number of hydrogen-bond acceptors (Lipinski definition) is 4. The molecule has 0 atom stereocenters. The summed E-state index contributed by atoms with van der Waals surface area (Å²) in [6, 6.07) is 7.53. The van der Waals surface area contributed by atoms with Crippen LogP contribution < -0.4 is 0 Å². The molecule has 21 heavy (non-hydrogen) atoms. The maximum Gasteiger partial charge on any atom is 0.253 e. The number of hydrogen-bond donors (Lipinski definition) is 2. The lowest BCUT2D eigenvalue weighted by Gasteiger charge is -2.30. The number of nitrogens with zero attached hydrogens (tertiary/aromatic N) is 2. The van der Waals surface area contributed by atoms with Gasteiger partial charge in [-0.25, -0.2) is 0 Å². The number of carbonyl (C=O) groups excluding carboxylic acids is 1. The molecule has 0 aromatic heterocycles. The Hall–Kier alpha value is -1.43. The van der Waals surface area contributed by atoms with Gasteiger partial charge in [-0.15, -0.1) is 0 Å². The van der Waals surface area contributed by atoms with Crippen LogP contribution in [0.1, 0.15) is 22.8 Å². The molecule has 5 nitrogen and oxygen atoms in total. The first kappa shape index (κ1) is 17.6. The van der Waals surface area contributed by atoms with Gasteiger partial charge in [0.25, 0.3) is 5.91 Å². The Morgan fingerprint density at radius 2 is 1.81 bits per heavy atom. The van der Waals surface area contributed by atoms with Crippen LogP contribution in [0.4, 0.5) is 0 Å². The predicted octanol–water partition coefficient (Wildman–Crippen LogP) is 0.811. The first-order valence-corrected chi connectivity index (χ1v) is 7.02. The average Bonchev–Trinajstić information content (AvgIpc) is 2.45. The topological polar surface area (TPSA) is 64.0 Å². The van der Waals surface area contributed by atoms with Gasteiger partial charge in [0, 0.05) is 31.1 Å². The van der Waals surface area contributed by atoms with Gasteiger partial charge >= 0.3 is 0 Å². The van der Waals surface area contributed by atoms with Crippen molar-refractivity contribution < 1.29 is 15.0 Å². The molecular formula is C16H26N2O3. The number of rotatable bonds is 7. The molecule has 0 aliphatic carbocycles. The van der Waals surface area contributed by atoms with Crippen LogP contribution in [-0.4, -0.2) is 66.8 Å². The van der Waals surface area contributed by atoms with Crippen molar-refractivity contribution in [1.82, 2.24) is 9.80 Å². The summed E-state index contributed by atoms with van der Waals surface area (Å²) in [7, 11) is 5.65. The van der Waals surface area contributed by atoms with E-state index < -0.39 is 5.41 Å². The van der Waals surface area contributed by atoms with Crippen molar-refractivity contribution in [3.63, 3.8) is 0 Å². The molecule has 0 aliphatic heterocycles. The number of aliphatic hydroxyl groups is 2. The maximum absolute atomic E-state index is 12.4. The molecule has 0 radical (unpaired) electrons. The molecule has 1 aromatic rings. The second kappa shape index (κ2) is 7.54. The predicted molar refractivity (Wildman–Crippen MR) is 83.1 cm³/mol. The van der Waals surface area contributed by atoms with E-state index in [2.05, 4.69) is 0 Å². The number of benzene rings is 1. The van der Waals surface area contributed by atoms with Gasteiger partial charge in [0.1, 0.15) is 0 Å². The molecule has 1 amide bonds. The minimum absolute atomic E-state index is 0.108. The van der Waals surface area contributed by atoms with Gasteiger partial charge in [0.05, 0.1) is 13.2 Å². The van der Waals surface area contributed by atoms with E-state index in [1.807, 2.05) is 37.2 Å². The molecule has 5 heteroatoms. The van der Waals surface area contributed by atoms with Crippen LogP contribution in [0.15, 0.2) is 24.3 Å². The number of aliphatic hydroxyl groups excluding tert-OH is 2. The molecule has 0 fully saturated rings. The van der Waals surface area contributed by atoms with Crippen molar-refractivity contribution in [3.05, 3.63) is 35.4 Å². The van der Waals surface area contributed by atoms with Gasteiger partial charge in [0.2, 0.25) is 0 Å². The molecule has 2 N–H and O–H groups in total. The normalized spacial score (nSPS) is 11.8. The monoisotopic (exact) mass is 294 g/mol. The first-order valence-electron chi connectivity index (χ1n) is 7.02. The van der Waals surface area contributed by atoms with Crippen LogP contribution in [0.2, 0.25) is 0 Å². The first-order chi connectivity index (χ1) is 9.81. The molecule has 1 rings (SSSR count). The van der Waals surface area contributed by atoms with Gasteiger partial charge in [-0.1, -0.05) is 19.1 Å². The Morgan fingerprint density at radius 3 is 2.33 bits per heavy atom. The van der Waals surface area contributed by atoms with E-state index in [1.165, 1.54) is 0 Å². The Kier molecular flexibility index (Phi) is 6.33. The molecule has 0 spiro atoms. The highest BCUT2D eigenvalue weighted by molar-refractivity contribution is 5.94. The molecule has 0 aliphatic rings. The summed E-state index contributed by atoms with van der Waals surface area (Å²) in [6.45, 7) is 2.50.